The van der Waals surface area contributed by atoms with E-state index in [1.165, 1.54) is 0 Å². The number of hydrogen-bond donors (Lipinski definition) is 1. The third kappa shape index (κ3) is 8.39. The number of nitrogens with one attached hydrogen (secondary N) is 1. The van der Waals surface area contributed by atoms with Gasteiger partial charge in [0.25, 0.3) is 0 Å². The molecule has 1 aromatic rings. The molecule has 2 amide bonds. The predicted molar refractivity (Wildman–Crippen MR) is 109 cm³/mol. The van der Waals surface area contributed by atoms with E-state index in [4.69, 9.17) is 9.15 Å². The standard InChI is InChI=1S/C20H35N5O4/c1-15(2)18-23-22-17(28-18)8-7-16(26)21-9-6-10-24-11-13-25(14-12-24)19(27)29-20(3,4)5/h15H,6-14H2,1-5H3,(H,21,26). The summed E-state index contributed by atoms with van der Waals surface area (Å²) in [6, 6.07) is 0. The Balaban J connectivity index is 1.55. The molecule has 0 unspecified atom stereocenters. The highest BCUT2D eigenvalue weighted by atomic mass is 16.6. The lowest BCUT2D eigenvalue weighted by atomic mass is 10.2. The zero-order valence-corrected chi connectivity index (χ0v) is 18.4. The molecule has 1 aliphatic rings. The summed E-state index contributed by atoms with van der Waals surface area (Å²) in [6.07, 6.45) is 1.43. The van der Waals surface area contributed by atoms with Gasteiger partial charge in [0.05, 0.1) is 0 Å². The molecule has 0 atom stereocenters. The molecule has 164 valence electrons. The van der Waals surface area contributed by atoms with Crippen LogP contribution in [0.15, 0.2) is 4.42 Å². The summed E-state index contributed by atoms with van der Waals surface area (Å²) < 4.78 is 10.9. The van der Waals surface area contributed by atoms with Crippen molar-refractivity contribution in [2.45, 2.75) is 65.4 Å². The van der Waals surface area contributed by atoms with Gasteiger partial charge >= 0.3 is 6.09 Å². The molecular weight excluding hydrogens is 374 g/mol. The van der Waals surface area contributed by atoms with Crippen LogP contribution in [0.1, 0.15) is 65.2 Å². The van der Waals surface area contributed by atoms with Crippen molar-refractivity contribution >= 4 is 12.0 Å². The number of aromatic nitrogens is 2. The zero-order chi connectivity index (χ0) is 21.4. The van der Waals surface area contributed by atoms with Crippen LogP contribution < -0.4 is 5.32 Å². The molecule has 9 heteroatoms. The first-order chi connectivity index (χ1) is 13.6. The van der Waals surface area contributed by atoms with Crippen molar-refractivity contribution in [1.82, 2.24) is 25.3 Å². The number of aryl methyl sites for hydroxylation is 1. The molecule has 0 spiro atoms. The Morgan fingerprint density at radius 2 is 1.86 bits per heavy atom. The maximum absolute atomic E-state index is 12.1. The van der Waals surface area contributed by atoms with Gasteiger partial charge in [0, 0.05) is 51.5 Å². The van der Waals surface area contributed by atoms with Crippen LogP contribution in [0.5, 0.6) is 0 Å². The summed E-state index contributed by atoms with van der Waals surface area (Å²) >= 11 is 0. The maximum Gasteiger partial charge on any atom is 0.410 e. The molecule has 9 nitrogen and oxygen atoms in total. The number of nitrogens with zero attached hydrogens (tertiary/aromatic N) is 4. The molecule has 29 heavy (non-hydrogen) atoms. The van der Waals surface area contributed by atoms with Gasteiger partial charge in [-0.2, -0.15) is 0 Å². The lowest BCUT2D eigenvalue weighted by Gasteiger charge is -2.35. The van der Waals surface area contributed by atoms with Crippen molar-refractivity contribution in [3.8, 4) is 0 Å². The van der Waals surface area contributed by atoms with Crippen LogP contribution in [0.2, 0.25) is 0 Å². The van der Waals surface area contributed by atoms with E-state index in [-0.39, 0.29) is 17.9 Å². The number of hydrogen-bond acceptors (Lipinski definition) is 7. The Labute approximate surface area is 173 Å². The largest absolute Gasteiger partial charge is 0.444 e. The zero-order valence-electron chi connectivity index (χ0n) is 18.4. The van der Waals surface area contributed by atoms with Crippen molar-refractivity contribution in [2.24, 2.45) is 0 Å². The highest BCUT2D eigenvalue weighted by Crippen LogP contribution is 2.13. The SMILES string of the molecule is CC(C)c1nnc(CCC(=O)NCCCN2CCN(C(=O)OC(C)(C)C)CC2)o1. The van der Waals surface area contributed by atoms with E-state index < -0.39 is 5.60 Å². The van der Waals surface area contributed by atoms with Gasteiger partial charge in [-0.1, -0.05) is 13.8 Å². The van der Waals surface area contributed by atoms with E-state index in [9.17, 15) is 9.59 Å². The molecular formula is C20H35N5O4. The molecule has 0 aromatic carbocycles. The van der Waals surface area contributed by atoms with E-state index in [1.54, 1.807) is 4.90 Å². The Morgan fingerprint density at radius 1 is 1.17 bits per heavy atom. The number of piperazine rings is 1. The van der Waals surface area contributed by atoms with Crippen LogP contribution in [0.25, 0.3) is 0 Å². The minimum Gasteiger partial charge on any atom is -0.444 e. The van der Waals surface area contributed by atoms with E-state index in [2.05, 4.69) is 20.4 Å². The average molecular weight is 410 g/mol. The second-order valence-electron chi connectivity index (χ2n) is 8.70. The van der Waals surface area contributed by atoms with Crippen LogP contribution in [0.4, 0.5) is 4.79 Å². The van der Waals surface area contributed by atoms with Gasteiger partial charge in [-0.3, -0.25) is 9.69 Å². The Hall–Kier alpha value is -2.16. The second kappa shape index (κ2) is 10.6. The third-order valence-corrected chi connectivity index (χ3v) is 4.54. The van der Waals surface area contributed by atoms with Gasteiger partial charge in [0.1, 0.15) is 5.60 Å². The number of amides is 2. The monoisotopic (exact) mass is 409 g/mol. The maximum atomic E-state index is 12.1. The summed E-state index contributed by atoms with van der Waals surface area (Å²) in [6.45, 7) is 14.1. The topological polar surface area (TPSA) is 101 Å². The molecule has 2 heterocycles. The van der Waals surface area contributed by atoms with E-state index in [1.807, 2.05) is 34.6 Å². The van der Waals surface area contributed by atoms with Crippen LogP contribution in [0, 0.1) is 0 Å². The average Bonchev–Trinajstić information content (AvgIpc) is 3.12. The normalized spacial score (nSPS) is 15.6. The minimum absolute atomic E-state index is 0.0101. The Kier molecular flexibility index (Phi) is 8.43. The first-order valence-electron chi connectivity index (χ1n) is 10.4. The minimum atomic E-state index is -0.466. The van der Waals surface area contributed by atoms with E-state index >= 15 is 0 Å². The van der Waals surface area contributed by atoms with Gasteiger partial charge in [-0.25, -0.2) is 4.79 Å². The predicted octanol–water partition coefficient (Wildman–Crippen LogP) is 2.18. The quantitative estimate of drug-likeness (QED) is 0.657. The van der Waals surface area contributed by atoms with Gasteiger partial charge in [0.2, 0.25) is 17.7 Å². The van der Waals surface area contributed by atoms with Crippen LogP contribution in [0.3, 0.4) is 0 Å². The summed E-state index contributed by atoms with van der Waals surface area (Å²) in [5.41, 5.74) is -0.466. The molecule has 0 aliphatic carbocycles. The first-order valence-corrected chi connectivity index (χ1v) is 10.4. The fourth-order valence-corrected chi connectivity index (χ4v) is 2.92. The highest BCUT2D eigenvalue weighted by molar-refractivity contribution is 5.75. The van der Waals surface area contributed by atoms with Gasteiger partial charge in [-0.05, 0) is 33.7 Å². The van der Waals surface area contributed by atoms with Crippen molar-refractivity contribution in [3.05, 3.63) is 11.8 Å². The van der Waals surface area contributed by atoms with Gasteiger partial charge < -0.3 is 19.4 Å². The second-order valence-corrected chi connectivity index (χ2v) is 8.70. The number of carbonyl (C=O) groups is 2. The number of rotatable bonds is 8. The van der Waals surface area contributed by atoms with Crippen molar-refractivity contribution in [3.63, 3.8) is 0 Å². The molecule has 1 saturated heterocycles. The fourth-order valence-electron chi connectivity index (χ4n) is 2.92. The molecule has 0 bridgehead atoms. The number of ether oxygens (including phenoxy) is 1. The van der Waals surface area contributed by atoms with Crippen LogP contribution in [-0.2, 0) is 16.0 Å². The Morgan fingerprint density at radius 3 is 2.45 bits per heavy atom. The van der Waals surface area contributed by atoms with Crippen LogP contribution in [-0.4, -0.2) is 76.9 Å². The van der Waals surface area contributed by atoms with Crippen LogP contribution >= 0.6 is 0 Å². The Bertz CT molecular complexity index is 660. The first kappa shape index (κ1) is 23.1. The molecule has 1 aromatic heterocycles. The smallest absolute Gasteiger partial charge is 0.410 e. The molecule has 1 fully saturated rings. The van der Waals surface area contributed by atoms with E-state index in [0.717, 1.165) is 26.1 Å². The van der Waals surface area contributed by atoms with Gasteiger partial charge in [-0.15, -0.1) is 10.2 Å². The summed E-state index contributed by atoms with van der Waals surface area (Å²) in [5, 5.41) is 10.9. The molecule has 1 aliphatic heterocycles. The molecule has 1 N–H and O–H groups in total. The summed E-state index contributed by atoms with van der Waals surface area (Å²) in [7, 11) is 0. The molecule has 0 radical (unpaired) electrons. The fraction of sp³-hybridized carbons (Fsp3) is 0.800. The lowest BCUT2D eigenvalue weighted by molar-refractivity contribution is -0.121. The van der Waals surface area contributed by atoms with Crippen molar-refractivity contribution in [1.29, 1.82) is 0 Å². The third-order valence-electron chi connectivity index (χ3n) is 4.54. The number of carbonyl (C=O) groups excluding carboxylic acids is 2. The molecule has 0 saturated carbocycles. The van der Waals surface area contributed by atoms with Crippen molar-refractivity contribution < 1.29 is 18.7 Å². The van der Waals surface area contributed by atoms with Crippen molar-refractivity contribution in [2.75, 3.05) is 39.3 Å². The lowest BCUT2D eigenvalue weighted by Crippen LogP contribution is -2.50. The highest BCUT2D eigenvalue weighted by Gasteiger charge is 2.25. The summed E-state index contributed by atoms with van der Waals surface area (Å²) in [4.78, 5) is 28.1. The summed E-state index contributed by atoms with van der Waals surface area (Å²) in [5.74, 6) is 1.29. The van der Waals surface area contributed by atoms with E-state index in [0.29, 0.717) is 44.3 Å². The van der Waals surface area contributed by atoms with Gasteiger partial charge in [0.15, 0.2) is 0 Å². The molecule has 2 rings (SSSR count).